The maximum atomic E-state index is 13.0. The average Bonchev–Trinajstić information content (AvgIpc) is 3.41. The standard InChI is InChI=1S/C23H19BrN4O5/c24-17-7-5-15(6-8-17)21(29)19-20(16-3-1-4-18(13-16)28(32)33)27(23(31)22(19)30)11-2-10-26-12-9-25-14-26/h1,3-9,12-14,20,29H,2,10-11H2/b21-19+/t20-/m0/s1. The van der Waals surface area contributed by atoms with Gasteiger partial charge in [-0.2, -0.15) is 0 Å². The maximum absolute atomic E-state index is 13.0. The van der Waals surface area contributed by atoms with E-state index in [1.807, 2.05) is 4.57 Å². The first-order valence-electron chi connectivity index (χ1n) is 10.1. The summed E-state index contributed by atoms with van der Waals surface area (Å²) in [6, 6.07) is 11.5. The van der Waals surface area contributed by atoms with Gasteiger partial charge >= 0.3 is 0 Å². The van der Waals surface area contributed by atoms with Crippen molar-refractivity contribution in [1.82, 2.24) is 14.5 Å². The van der Waals surface area contributed by atoms with E-state index in [0.717, 1.165) is 4.47 Å². The fourth-order valence-electron chi connectivity index (χ4n) is 3.87. The second-order valence-corrected chi connectivity index (χ2v) is 8.42. The van der Waals surface area contributed by atoms with E-state index in [1.165, 1.54) is 23.1 Å². The molecule has 10 heteroatoms. The molecule has 2 heterocycles. The number of benzene rings is 2. The number of aromatic nitrogens is 2. The number of imidazole rings is 1. The molecule has 1 saturated heterocycles. The van der Waals surface area contributed by atoms with E-state index in [-0.39, 0.29) is 23.6 Å². The summed E-state index contributed by atoms with van der Waals surface area (Å²) in [4.78, 5) is 42.1. The number of aryl methyl sites for hydroxylation is 1. The molecule has 1 aliphatic heterocycles. The summed E-state index contributed by atoms with van der Waals surface area (Å²) in [5.74, 6) is -1.90. The molecule has 0 unspecified atom stereocenters. The van der Waals surface area contributed by atoms with Crippen LogP contribution < -0.4 is 0 Å². The molecule has 9 nitrogen and oxygen atoms in total. The van der Waals surface area contributed by atoms with Crippen LogP contribution in [0.25, 0.3) is 5.76 Å². The van der Waals surface area contributed by atoms with Gasteiger partial charge in [0.25, 0.3) is 17.4 Å². The quantitative estimate of drug-likeness (QED) is 0.168. The van der Waals surface area contributed by atoms with Gasteiger partial charge in [-0.15, -0.1) is 0 Å². The molecule has 1 atom stereocenters. The summed E-state index contributed by atoms with van der Waals surface area (Å²) in [7, 11) is 0. The van der Waals surface area contributed by atoms with Gasteiger partial charge in [0.2, 0.25) is 0 Å². The van der Waals surface area contributed by atoms with Crippen LogP contribution in [0.1, 0.15) is 23.6 Å². The number of hydrogen-bond acceptors (Lipinski definition) is 6. The van der Waals surface area contributed by atoms with Gasteiger partial charge in [0.1, 0.15) is 5.76 Å². The topological polar surface area (TPSA) is 119 Å². The zero-order valence-electron chi connectivity index (χ0n) is 17.3. The number of non-ortho nitro benzene ring substituents is 1. The summed E-state index contributed by atoms with van der Waals surface area (Å²) in [6.07, 6.45) is 5.61. The molecule has 4 rings (SSSR count). The Morgan fingerprint density at radius 2 is 1.91 bits per heavy atom. The van der Waals surface area contributed by atoms with Crippen LogP contribution in [-0.2, 0) is 16.1 Å². The van der Waals surface area contributed by atoms with Crippen LogP contribution in [0.5, 0.6) is 0 Å². The third-order valence-electron chi connectivity index (χ3n) is 5.43. The predicted octanol–water partition coefficient (Wildman–Crippen LogP) is 4.07. The lowest BCUT2D eigenvalue weighted by Gasteiger charge is -2.25. The van der Waals surface area contributed by atoms with Crippen LogP contribution in [0.3, 0.4) is 0 Å². The van der Waals surface area contributed by atoms with Crippen molar-refractivity contribution in [3.8, 4) is 0 Å². The van der Waals surface area contributed by atoms with Crippen molar-refractivity contribution in [1.29, 1.82) is 0 Å². The highest BCUT2D eigenvalue weighted by molar-refractivity contribution is 9.10. The van der Waals surface area contributed by atoms with Crippen molar-refractivity contribution >= 4 is 39.1 Å². The number of hydrogen-bond donors (Lipinski definition) is 1. The Labute approximate surface area is 197 Å². The van der Waals surface area contributed by atoms with Gasteiger partial charge < -0.3 is 14.6 Å². The van der Waals surface area contributed by atoms with Gasteiger partial charge in [0.05, 0.1) is 22.9 Å². The minimum atomic E-state index is -0.948. The highest BCUT2D eigenvalue weighted by Crippen LogP contribution is 2.40. The zero-order chi connectivity index (χ0) is 23.5. The number of carbonyl (C=O) groups excluding carboxylic acids is 2. The Morgan fingerprint density at radius 1 is 1.15 bits per heavy atom. The smallest absolute Gasteiger partial charge is 0.295 e. The maximum Gasteiger partial charge on any atom is 0.295 e. The molecule has 1 amide bonds. The fourth-order valence-corrected chi connectivity index (χ4v) is 4.14. The zero-order valence-corrected chi connectivity index (χ0v) is 18.9. The normalized spacial score (nSPS) is 17.5. The SMILES string of the molecule is O=C1C(=O)N(CCCn2ccnc2)[C@@H](c2cccc([N+](=O)[O-])c2)/C1=C(\O)c1ccc(Br)cc1. The number of nitro benzene ring substituents is 1. The van der Waals surface area contributed by atoms with Crippen molar-refractivity contribution in [2.24, 2.45) is 0 Å². The largest absolute Gasteiger partial charge is 0.507 e. The van der Waals surface area contributed by atoms with Crippen LogP contribution in [0.4, 0.5) is 5.69 Å². The van der Waals surface area contributed by atoms with E-state index in [2.05, 4.69) is 20.9 Å². The van der Waals surface area contributed by atoms with Crippen LogP contribution in [0.2, 0.25) is 0 Å². The molecule has 1 aromatic heterocycles. The van der Waals surface area contributed by atoms with E-state index in [1.54, 1.807) is 49.1 Å². The molecule has 33 heavy (non-hydrogen) atoms. The van der Waals surface area contributed by atoms with Crippen molar-refractivity contribution in [2.45, 2.75) is 19.0 Å². The van der Waals surface area contributed by atoms with Gasteiger partial charge in [0, 0.05) is 47.7 Å². The average molecular weight is 511 g/mol. The third-order valence-corrected chi connectivity index (χ3v) is 5.96. The second-order valence-electron chi connectivity index (χ2n) is 7.51. The third kappa shape index (κ3) is 4.56. The van der Waals surface area contributed by atoms with Crippen molar-refractivity contribution in [3.63, 3.8) is 0 Å². The lowest BCUT2D eigenvalue weighted by atomic mass is 9.95. The minimum absolute atomic E-state index is 0.0922. The molecule has 0 spiro atoms. The monoisotopic (exact) mass is 510 g/mol. The van der Waals surface area contributed by atoms with Gasteiger partial charge in [-0.1, -0.05) is 40.2 Å². The number of likely N-dealkylation sites (tertiary alicyclic amines) is 1. The Kier molecular flexibility index (Phi) is 6.36. The number of rotatable bonds is 7. The molecule has 1 fully saturated rings. The number of ketones is 1. The number of halogens is 1. The number of carbonyl (C=O) groups is 2. The highest BCUT2D eigenvalue weighted by atomic mass is 79.9. The first-order chi connectivity index (χ1) is 15.9. The first kappa shape index (κ1) is 22.4. The van der Waals surface area contributed by atoms with E-state index >= 15 is 0 Å². The summed E-state index contributed by atoms with van der Waals surface area (Å²) < 4.78 is 2.63. The summed E-state index contributed by atoms with van der Waals surface area (Å²) >= 11 is 3.33. The summed E-state index contributed by atoms with van der Waals surface area (Å²) in [6.45, 7) is 0.782. The molecule has 1 N–H and O–H groups in total. The number of aliphatic hydroxyl groups is 1. The van der Waals surface area contributed by atoms with Crippen LogP contribution >= 0.6 is 15.9 Å². The Morgan fingerprint density at radius 3 is 2.58 bits per heavy atom. The molecule has 0 bridgehead atoms. The van der Waals surface area contributed by atoms with Gasteiger partial charge in [-0.05, 0) is 24.1 Å². The molecule has 0 saturated carbocycles. The number of aliphatic hydroxyl groups excluding tert-OH is 1. The van der Waals surface area contributed by atoms with Crippen molar-refractivity contribution < 1.29 is 19.6 Å². The van der Waals surface area contributed by atoms with Crippen molar-refractivity contribution in [3.05, 3.63) is 98.5 Å². The van der Waals surface area contributed by atoms with Crippen LogP contribution in [0, 0.1) is 10.1 Å². The molecule has 3 aromatic rings. The lowest BCUT2D eigenvalue weighted by Crippen LogP contribution is -2.31. The molecule has 168 valence electrons. The van der Waals surface area contributed by atoms with E-state index < -0.39 is 22.7 Å². The van der Waals surface area contributed by atoms with Crippen LogP contribution in [-0.4, -0.2) is 42.7 Å². The van der Waals surface area contributed by atoms with Gasteiger partial charge in [-0.25, -0.2) is 4.98 Å². The number of nitrogens with zero attached hydrogens (tertiary/aromatic N) is 4. The fraction of sp³-hybridized carbons (Fsp3) is 0.174. The lowest BCUT2D eigenvalue weighted by molar-refractivity contribution is -0.384. The van der Waals surface area contributed by atoms with Gasteiger partial charge in [-0.3, -0.25) is 19.7 Å². The second kappa shape index (κ2) is 9.37. The first-order valence-corrected chi connectivity index (χ1v) is 10.9. The molecule has 1 aliphatic rings. The Balaban J connectivity index is 1.76. The molecular weight excluding hydrogens is 492 g/mol. The predicted molar refractivity (Wildman–Crippen MR) is 123 cm³/mol. The Bertz CT molecular complexity index is 1240. The number of Topliss-reactive ketones (excluding diaryl/α,β-unsaturated/α-hetero) is 1. The molecule has 0 radical (unpaired) electrons. The number of amides is 1. The Hall–Kier alpha value is -3.79. The highest BCUT2D eigenvalue weighted by Gasteiger charge is 2.46. The summed E-state index contributed by atoms with van der Waals surface area (Å²) in [5, 5.41) is 22.4. The number of nitro groups is 1. The van der Waals surface area contributed by atoms with E-state index in [0.29, 0.717) is 24.1 Å². The molecule has 2 aromatic carbocycles. The molecule has 0 aliphatic carbocycles. The molecular formula is C23H19BrN4O5. The van der Waals surface area contributed by atoms with Crippen molar-refractivity contribution in [2.75, 3.05) is 6.54 Å². The van der Waals surface area contributed by atoms with E-state index in [4.69, 9.17) is 0 Å². The summed E-state index contributed by atoms with van der Waals surface area (Å²) in [5.41, 5.74) is 0.486. The van der Waals surface area contributed by atoms with E-state index in [9.17, 15) is 24.8 Å². The minimum Gasteiger partial charge on any atom is -0.507 e. The van der Waals surface area contributed by atoms with Gasteiger partial charge in [0.15, 0.2) is 0 Å². The van der Waals surface area contributed by atoms with Crippen LogP contribution in [0.15, 0.2) is 77.3 Å².